The number of hydrogen-bond donors (Lipinski definition) is 1. The van der Waals surface area contributed by atoms with Gasteiger partial charge < -0.3 is 19.3 Å². The minimum atomic E-state index is -0.918. The molecular formula is C16H17ClFN3O4. The number of hydrogen-bond acceptors (Lipinski definition) is 6. The smallest absolute Gasteiger partial charge is 0.255 e. The summed E-state index contributed by atoms with van der Waals surface area (Å²) in [7, 11) is 1.41. The van der Waals surface area contributed by atoms with Crippen molar-refractivity contribution in [2.75, 3.05) is 20.3 Å². The van der Waals surface area contributed by atoms with E-state index in [1.165, 1.54) is 19.2 Å². The molecule has 1 fully saturated rings. The first kappa shape index (κ1) is 17.6. The Bertz CT molecular complexity index is 790. The van der Waals surface area contributed by atoms with E-state index in [1.54, 1.807) is 6.92 Å². The number of halogens is 2. The van der Waals surface area contributed by atoms with Gasteiger partial charge in [0.1, 0.15) is 11.3 Å². The van der Waals surface area contributed by atoms with Crippen LogP contribution in [0, 0.1) is 12.7 Å². The fourth-order valence-corrected chi connectivity index (χ4v) is 2.94. The van der Waals surface area contributed by atoms with Gasteiger partial charge in [-0.3, -0.25) is 4.79 Å². The van der Waals surface area contributed by atoms with Crippen molar-refractivity contribution in [3.05, 3.63) is 40.3 Å². The van der Waals surface area contributed by atoms with Crippen LogP contribution in [0.5, 0.6) is 5.75 Å². The molecule has 134 valence electrons. The van der Waals surface area contributed by atoms with Gasteiger partial charge in [0, 0.05) is 32.1 Å². The van der Waals surface area contributed by atoms with Crippen LogP contribution in [0.3, 0.4) is 0 Å². The summed E-state index contributed by atoms with van der Waals surface area (Å²) in [6, 6.07) is 2.60. The second kappa shape index (κ2) is 6.97. The average molecular weight is 370 g/mol. The van der Waals surface area contributed by atoms with Crippen LogP contribution < -0.4 is 10.1 Å². The SMILES string of the molecule is COc1cc(Cl)c(F)c(C(=O)NC2(c3nc(C)no3)CCOCC2)c1. The molecule has 25 heavy (non-hydrogen) atoms. The highest BCUT2D eigenvalue weighted by Crippen LogP contribution is 2.32. The zero-order valence-corrected chi connectivity index (χ0v) is 14.5. The van der Waals surface area contributed by atoms with Crippen molar-refractivity contribution < 1.29 is 23.2 Å². The van der Waals surface area contributed by atoms with Crippen LogP contribution in [0.4, 0.5) is 4.39 Å². The number of carbonyl (C=O) groups is 1. The molecule has 1 amide bonds. The molecule has 0 spiro atoms. The number of aryl methyl sites for hydroxylation is 1. The fraction of sp³-hybridized carbons (Fsp3) is 0.438. The highest BCUT2D eigenvalue weighted by Gasteiger charge is 2.41. The zero-order valence-electron chi connectivity index (χ0n) is 13.8. The number of nitrogens with one attached hydrogen (secondary N) is 1. The lowest BCUT2D eigenvalue weighted by Gasteiger charge is -2.34. The van der Waals surface area contributed by atoms with Crippen molar-refractivity contribution in [1.82, 2.24) is 15.5 Å². The number of nitrogens with zero attached hydrogens (tertiary/aromatic N) is 2. The van der Waals surface area contributed by atoms with E-state index in [9.17, 15) is 9.18 Å². The second-order valence-corrected chi connectivity index (χ2v) is 6.17. The Morgan fingerprint density at radius 2 is 2.12 bits per heavy atom. The molecule has 2 aromatic rings. The minimum absolute atomic E-state index is 0.195. The monoisotopic (exact) mass is 369 g/mol. The van der Waals surface area contributed by atoms with Gasteiger partial charge in [-0.1, -0.05) is 16.8 Å². The second-order valence-electron chi connectivity index (χ2n) is 5.77. The van der Waals surface area contributed by atoms with E-state index in [2.05, 4.69) is 15.5 Å². The number of carbonyl (C=O) groups excluding carboxylic acids is 1. The molecule has 7 nitrogen and oxygen atoms in total. The van der Waals surface area contributed by atoms with Crippen molar-refractivity contribution in [3.63, 3.8) is 0 Å². The maximum atomic E-state index is 14.3. The summed E-state index contributed by atoms with van der Waals surface area (Å²) in [6.45, 7) is 2.50. The van der Waals surface area contributed by atoms with Gasteiger partial charge in [0.2, 0.25) is 0 Å². The van der Waals surface area contributed by atoms with E-state index in [0.717, 1.165) is 0 Å². The summed E-state index contributed by atoms with van der Waals surface area (Å²) in [5.41, 5.74) is -1.13. The Kier molecular flexibility index (Phi) is 4.91. The molecule has 0 bridgehead atoms. The van der Waals surface area contributed by atoms with Crippen molar-refractivity contribution in [2.24, 2.45) is 0 Å². The third kappa shape index (κ3) is 3.45. The maximum absolute atomic E-state index is 14.3. The molecule has 0 unspecified atom stereocenters. The molecule has 1 saturated heterocycles. The van der Waals surface area contributed by atoms with E-state index in [-0.39, 0.29) is 22.2 Å². The van der Waals surface area contributed by atoms with E-state index in [1.807, 2.05) is 0 Å². The number of aromatic nitrogens is 2. The van der Waals surface area contributed by atoms with Gasteiger partial charge in [0.15, 0.2) is 11.6 Å². The third-order valence-electron chi connectivity index (χ3n) is 4.12. The minimum Gasteiger partial charge on any atom is -0.497 e. The summed E-state index contributed by atoms with van der Waals surface area (Å²) < 4.78 is 30.0. The molecule has 0 radical (unpaired) electrons. The highest BCUT2D eigenvalue weighted by molar-refractivity contribution is 6.31. The van der Waals surface area contributed by atoms with Gasteiger partial charge in [-0.25, -0.2) is 4.39 Å². The molecule has 1 aromatic heterocycles. The molecule has 1 N–H and O–H groups in total. The Hall–Kier alpha value is -2.19. The van der Waals surface area contributed by atoms with Crippen LogP contribution >= 0.6 is 11.6 Å². The van der Waals surface area contributed by atoms with Crippen molar-refractivity contribution in [1.29, 1.82) is 0 Å². The Labute approximate surface area is 148 Å². The first-order valence-electron chi connectivity index (χ1n) is 7.69. The predicted octanol–water partition coefficient (Wildman–Crippen LogP) is 2.61. The standard InChI is InChI=1S/C16H17ClFN3O4/c1-9-19-15(25-21-9)16(3-5-24-6-4-16)20-14(22)11-7-10(23-2)8-12(17)13(11)18/h7-8H,3-6H2,1-2H3,(H,20,22). The lowest BCUT2D eigenvalue weighted by molar-refractivity contribution is 0.0221. The fourth-order valence-electron chi connectivity index (χ4n) is 2.74. The summed E-state index contributed by atoms with van der Waals surface area (Å²) in [5, 5.41) is 6.42. The molecule has 1 aliphatic heterocycles. The molecule has 0 atom stereocenters. The molecule has 0 aliphatic carbocycles. The molecule has 0 saturated carbocycles. The Balaban J connectivity index is 1.95. The molecule has 1 aromatic carbocycles. The largest absolute Gasteiger partial charge is 0.497 e. The quantitative estimate of drug-likeness (QED) is 0.891. The highest BCUT2D eigenvalue weighted by atomic mass is 35.5. The van der Waals surface area contributed by atoms with Gasteiger partial charge in [-0.05, 0) is 13.0 Å². The number of ether oxygens (including phenoxy) is 2. The first-order valence-corrected chi connectivity index (χ1v) is 8.07. The molecule has 1 aliphatic rings. The molecule has 9 heteroatoms. The number of rotatable bonds is 4. The molecule has 2 heterocycles. The van der Waals surface area contributed by atoms with Crippen LogP contribution in [0.1, 0.15) is 34.9 Å². The maximum Gasteiger partial charge on any atom is 0.255 e. The van der Waals surface area contributed by atoms with Crippen LogP contribution in [-0.2, 0) is 10.3 Å². The zero-order chi connectivity index (χ0) is 18.0. The Morgan fingerprint density at radius 3 is 2.72 bits per heavy atom. The lowest BCUT2D eigenvalue weighted by atomic mass is 9.89. The molecular weight excluding hydrogens is 353 g/mol. The number of methoxy groups -OCH3 is 1. The van der Waals surface area contributed by atoms with Gasteiger partial charge in [-0.15, -0.1) is 0 Å². The predicted molar refractivity (Wildman–Crippen MR) is 86.2 cm³/mol. The van der Waals surface area contributed by atoms with Gasteiger partial charge in [0.25, 0.3) is 11.8 Å². The van der Waals surface area contributed by atoms with Crippen molar-refractivity contribution in [3.8, 4) is 5.75 Å². The number of benzene rings is 1. The summed E-state index contributed by atoms with van der Waals surface area (Å²) in [5.74, 6) is -0.451. The lowest BCUT2D eigenvalue weighted by Crippen LogP contribution is -2.50. The topological polar surface area (TPSA) is 86.5 Å². The summed E-state index contributed by atoms with van der Waals surface area (Å²) >= 11 is 5.84. The van der Waals surface area contributed by atoms with Crippen LogP contribution in [0.2, 0.25) is 5.02 Å². The van der Waals surface area contributed by atoms with Gasteiger partial charge >= 0.3 is 0 Å². The van der Waals surface area contributed by atoms with Crippen molar-refractivity contribution in [2.45, 2.75) is 25.3 Å². The number of amides is 1. The van der Waals surface area contributed by atoms with Crippen LogP contribution in [0.15, 0.2) is 16.7 Å². The molecule has 3 rings (SSSR count). The van der Waals surface area contributed by atoms with E-state index in [0.29, 0.717) is 31.9 Å². The van der Waals surface area contributed by atoms with E-state index < -0.39 is 17.3 Å². The van der Waals surface area contributed by atoms with Crippen LogP contribution in [-0.4, -0.2) is 36.4 Å². The normalized spacial score (nSPS) is 16.5. The van der Waals surface area contributed by atoms with Gasteiger partial charge in [-0.2, -0.15) is 4.98 Å². The Morgan fingerprint density at radius 1 is 1.40 bits per heavy atom. The summed E-state index contributed by atoms with van der Waals surface area (Å²) in [4.78, 5) is 17.0. The van der Waals surface area contributed by atoms with E-state index >= 15 is 0 Å². The van der Waals surface area contributed by atoms with Crippen LogP contribution in [0.25, 0.3) is 0 Å². The summed E-state index contributed by atoms with van der Waals surface area (Å²) in [6.07, 6.45) is 0.861. The first-order chi connectivity index (χ1) is 11.9. The average Bonchev–Trinajstić information content (AvgIpc) is 3.05. The van der Waals surface area contributed by atoms with Gasteiger partial charge in [0.05, 0.1) is 17.7 Å². The third-order valence-corrected chi connectivity index (χ3v) is 4.39. The van der Waals surface area contributed by atoms with Crippen molar-refractivity contribution >= 4 is 17.5 Å². The van der Waals surface area contributed by atoms with E-state index in [4.69, 9.17) is 25.6 Å².